The van der Waals surface area contributed by atoms with E-state index < -0.39 is 22.2 Å². The minimum absolute atomic E-state index is 0.104. The topological polar surface area (TPSA) is 92.5 Å². The lowest BCUT2D eigenvalue weighted by Crippen LogP contribution is -2.45. The summed E-state index contributed by atoms with van der Waals surface area (Å²) in [6.45, 7) is 1.46. The summed E-state index contributed by atoms with van der Waals surface area (Å²) in [5, 5.41) is 22.8. The SMILES string of the molecule is CC(Nc1cc(F)ccc1[N+](=O)[O-])(C(=O)O)C1CC1. The van der Waals surface area contributed by atoms with Gasteiger partial charge in [-0.3, -0.25) is 10.1 Å². The van der Waals surface area contributed by atoms with Crippen LogP contribution in [0.2, 0.25) is 0 Å². The van der Waals surface area contributed by atoms with Crippen molar-refractivity contribution >= 4 is 17.3 Å². The van der Waals surface area contributed by atoms with Gasteiger partial charge in [-0.15, -0.1) is 0 Å². The highest BCUT2D eigenvalue weighted by molar-refractivity contribution is 5.84. The molecule has 2 N–H and O–H groups in total. The van der Waals surface area contributed by atoms with Gasteiger partial charge in [0.2, 0.25) is 0 Å². The Labute approximate surface area is 108 Å². The molecule has 0 heterocycles. The zero-order valence-corrected chi connectivity index (χ0v) is 10.2. The van der Waals surface area contributed by atoms with Crippen LogP contribution in [-0.2, 0) is 4.79 Å². The van der Waals surface area contributed by atoms with Crippen LogP contribution in [0.1, 0.15) is 19.8 Å². The molecule has 1 unspecified atom stereocenters. The molecule has 1 fully saturated rings. The van der Waals surface area contributed by atoms with Gasteiger partial charge in [0.15, 0.2) is 0 Å². The van der Waals surface area contributed by atoms with Crippen LogP contribution in [0.3, 0.4) is 0 Å². The Morgan fingerprint density at radius 2 is 2.21 bits per heavy atom. The van der Waals surface area contributed by atoms with Crippen molar-refractivity contribution in [1.29, 1.82) is 0 Å². The number of benzene rings is 1. The molecular weight excluding hydrogens is 255 g/mol. The van der Waals surface area contributed by atoms with Gasteiger partial charge in [-0.25, -0.2) is 9.18 Å². The van der Waals surface area contributed by atoms with E-state index in [1.165, 1.54) is 6.92 Å². The fraction of sp³-hybridized carbons (Fsp3) is 0.417. The number of hydrogen-bond acceptors (Lipinski definition) is 4. The molecule has 102 valence electrons. The summed E-state index contributed by atoms with van der Waals surface area (Å²) in [5.74, 6) is -1.86. The second-order valence-electron chi connectivity index (χ2n) is 4.83. The number of carbonyl (C=O) groups is 1. The molecule has 6 nitrogen and oxygen atoms in total. The van der Waals surface area contributed by atoms with Gasteiger partial charge >= 0.3 is 5.97 Å². The van der Waals surface area contributed by atoms with E-state index >= 15 is 0 Å². The zero-order chi connectivity index (χ0) is 14.2. The Hall–Kier alpha value is -2.18. The quantitative estimate of drug-likeness (QED) is 0.631. The third-order valence-corrected chi connectivity index (χ3v) is 3.39. The van der Waals surface area contributed by atoms with Crippen molar-refractivity contribution in [2.75, 3.05) is 5.32 Å². The van der Waals surface area contributed by atoms with Crippen LogP contribution in [-0.4, -0.2) is 21.5 Å². The first-order valence-corrected chi connectivity index (χ1v) is 5.80. The highest BCUT2D eigenvalue weighted by Crippen LogP contribution is 2.42. The molecule has 0 saturated heterocycles. The molecule has 19 heavy (non-hydrogen) atoms. The average molecular weight is 268 g/mol. The summed E-state index contributed by atoms with van der Waals surface area (Å²) in [7, 11) is 0. The lowest BCUT2D eigenvalue weighted by atomic mass is 9.95. The minimum atomic E-state index is -1.32. The predicted molar refractivity (Wildman–Crippen MR) is 65.4 cm³/mol. The fourth-order valence-corrected chi connectivity index (χ4v) is 2.04. The Kier molecular flexibility index (Phi) is 3.13. The van der Waals surface area contributed by atoms with Crippen LogP contribution in [0.4, 0.5) is 15.8 Å². The van der Waals surface area contributed by atoms with Gasteiger partial charge in [-0.1, -0.05) is 0 Å². The van der Waals surface area contributed by atoms with Crippen molar-refractivity contribution in [1.82, 2.24) is 0 Å². The normalized spacial score (nSPS) is 17.6. The Balaban J connectivity index is 2.38. The van der Waals surface area contributed by atoms with E-state index in [-0.39, 0.29) is 17.3 Å². The van der Waals surface area contributed by atoms with Gasteiger partial charge in [0, 0.05) is 12.1 Å². The number of nitrogens with zero attached hydrogens (tertiary/aromatic N) is 1. The maximum absolute atomic E-state index is 13.2. The molecule has 0 spiro atoms. The van der Waals surface area contributed by atoms with E-state index in [0.29, 0.717) is 0 Å². The monoisotopic (exact) mass is 268 g/mol. The van der Waals surface area contributed by atoms with Gasteiger partial charge in [-0.05, 0) is 31.7 Å². The molecule has 2 rings (SSSR count). The molecule has 1 atom stereocenters. The van der Waals surface area contributed by atoms with E-state index in [1.54, 1.807) is 0 Å². The number of nitrogens with one attached hydrogen (secondary N) is 1. The summed E-state index contributed by atoms with van der Waals surface area (Å²) < 4.78 is 13.2. The van der Waals surface area contributed by atoms with E-state index in [1.807, 2.05) is 0 Å². The molecule has 0 amide bonds. The third kappa shape index (κ3) is 2.49. The average Bonchev–Trinajstić information content (AvgIpc) is 3.12. The first-order chi connectivity index (χ1) is 8.84. The van der Waals surface area contributed by atoms with Crippen LogP contribution in [0.5, 0.6) is 0 Å². The second-order valence-corrected chi connectivity index (χ2v) is 4.83. The molecule has 0 aliphatic heterocycles. The molecule has 1 aromatic rings. The molecule has 0 aromatic heterocycles. The molecule has 1 saturated carbocycles. The van der Waals surface area contributed by atoms with Crippen molar-refractivity contribution in [3.63, 3.8) is 0 Å². The Bertz CT molecular complexity index is 545. The summed E-state index contributed by atoms with van der Waals surface area (Å²) in [5.41, 5.74) is -1.77. The lowest BCUT2D eigenvalue weighted by Gasteiger charge is -2.27. The molecule has 1 aliphatic carbocycles. The number of nitro benzene ring substituents is 1. The number of carboxylic acid groups (broad SMARTS) is 1. The van der Waals surface area contributed by atoms with Crippen LogP contribution in [0.15, 0.2) is 18.2 Å². The molecule has 0 bridgehead atoms. The van der Waals surface area contributed by atoms with Crippen molar-refractivity contribution in [2.45, 2.75) is 25.3 Å². The van der Waals surface area contributed by atoms with Crippen molar-refractivity contribution in [3.8, 4) is 0 Å². The van der Waals surface area contributed by atoms with Gasteiger partial charge in [0.25, 0.3) is 5.69 Å². The fourth-order valence-electron chi connectivity index (χ4n) is 2.04. The molecule has 7 heteroatoms. The number of aliphatic carboxylic acids is 1. The lowest BCUT2D eigenvalue weighted by molar-refractivity contribution is -0.384. The first kappa shape index (κ1) is 13.3. The molecule has 1 aromatic carbocycles. The van der Waals surface area contributed by atoms with Gasteiger partial charge in [0.1, 0.15) is 17.0 Å². The maximum Gasteiger partial charge on any atom is 0.329 e. The summed E-state index contributed by atoms with van der Waals surface area (Å²) in [6.07, 6.45) is 1.47. The Morgan fingerprint density at radius 3 is 2.68 bits per heavy atom. The number of rotatable bonds is 5. The van der Waals surface area contributed by atoms with Crippen molar-refractivity contribution in [2.24, 2.45) is 5.92 Å². The van der Waals surface area contributed by atoms with Gasteiger partial charge in [0.05, 0.1) is 4.92 Å². The number of hydrogen-bond donors (Lipinski definition) is 2. The second kappa shape index (κ2) is 4.49. The number of nitro groups is 1. The zero-order valence-electron chi connectivity index (χ0n) is 10.2. The highest BCUT2D eigenvalue weighted by atomic mass is 19.1. The highest BCUT2D eigenvalue weighted by Gasteiger charge is 2.48. The maximum atomic E-state index is 13.2. The summed E-state index contributed by atoms with van der Waals surface area (Å²) in [6, 6.07) is 2.94. The van der Waals surface area contributed by atoms with Crippen LogP contribution in [0.25, 0.3) is 0 Å². The third-order valence-electron chi connectivity index (χ3n) is 3.39. The van der Waals surface area contributed by atoms with Crippen LogP contribution in [0, 0.1) is 21.8 Å². The minimum Gasteiger partial charge on any atom is -0.480 e. The van der Waals surface area contributed by atoms with Crippen LogP contribution < -0.4 is 5.32 Å². The van der Waals surface area contributed by atoms with Crippen LogP contribution >= 0.6 is 0 Å². The van der Waals surface area contributed by atoms with Crippen molar-refractivity contribution < 1.29 is 19.2 Å². The first-order valence-electron chi connectivity index (χ1n) is 5.80. The molecule has 1 aliphatic rings. The number of carboxylic acids is 1. The standard InChI is InChI=1S/C12H13FN2O4/c1-12(11(16)17,7-2-3-7)14-9-6-8(13)4-5-10(9)15(18)19/h4-7,14H,2-3H2,1H3,(H,16,17). The molecule has 0 radical (unpaired) electrons. The van der Waals surface area contributed by atoms with E-state index in [2.05, 4.69) is 5.32 Å². The van der Waals surface area contributed by atoms with Gasteiger partial charge in [-0.2, -0.15) is 0 Å². The Morgan fingerprint density at radius 1 is 1.58 bits per heavy atom. The van der Waals surface area contributed by atoms with Gasteiger partial charge < -0.3 is 10.4 Å². The summed E-state index contributed by atoms with van der Waals surface area (Å²) >= 11 is 0. The number of anilines is 1. The largest absolute Gasteiger partial charge is 0.480 e. The number of halogens is 1. The molecular formula is C12H13FN2O4. The van der Waals surface area contributed by atoms with E-state index in [4.69, 9.17) is 0 Å². The smallest absolute Gasteiger partial charge is 0.329 e. The van der Waals surface area contributed by atoms with Crippen molar-refractivity contribution in [3.05, 3.63) is 34.1 Å². The van der Waals surface area contributed by atoms with E-state index in [9.17, 15) is 24.4 Å². The summed E-state index contributed by atoms with van der Waals surface area (Å²) in [4.78, 5) is 21.5. The predicted octanol–water partition coefficient (Wildman–Crippen LogP) is 2.40. The van der Waals surface area contributed by atoms with E-state index in [0.717, 1.165) is 31.0 Å².